The highest BCUT2D eigenvalue weighted by atomic mass is 15.3. The van der Waals surface area contributed by atoms with Crippen molar-refractivity contribution in [2.45, 2.75) is 48.0 Å². The first-order valence-electron chi connectivity index (χ1n) is 7.74. The maximum atomic E-state index is 4.45. The van der Waals surface area contributed by atoms with Crippen molar-refractivity contribution >= 4 is 5.52 Å². The Bertz CT molecular complexity index is 881. The fourth-order valence-corrected chi connectivity index (χ4v) is 3.41. The summed E-state index contributed by atoms with van der Waals surface area (Å²) in [6.07, 6.45) is 2.53. The highest BCUT2D eigenvalue weighted by Gasteiger charge is 2.19. The van der Waals surface area contributed by atoms with E-state index in [1.807, 2.05) is 7.05 Å². The Morgan fingerprint density at radius 1 is 0.864 bits per heavy atom. The Morgan fingerprint density at radius 3 is 2.09 bits per heavy atom. The van der Waals surface area contributed by atoms with Crippen LogP contribution < -0.4 is 0 Å². The number of rotatable bonds is 2. The van der Waals surface area contributed by atoms with Gasteiger partial charge in [0.15, 0.2) is 5.82 Å². The van der Waals surface area contributed by atoms with Gasteiger partial charge in [-0.05, 0) is 69.4 Å². The Kier molecular flexibility index (Phi) is 3.35. The van der Waals surface area contributed by atoms with Gasteiger partial charge >= 0.3 is 0 Å². The molecule has 0 amide bonds. The Balaban J connectivity index is 2.33. The summed E-state index contributed by atoms with van der Waals surface area (Å²) in [6, 6.07) is 0. The molecule has 116 valence electrons. The molecule has 0 unspecified atom stereocenters. The zero-order valence-corrected chi connectivity index (χ0v) is 14.6. The van der Waals surface area contributed by atoms with Crippen molar-refractivity contribution < 1.29 is 0 Å². The van der Waals surface area contributed by atoms with Crippen LogP contribution >= 0.6 is 0 Å². The monoisotopic (exact) mass is 296 g/mol. The van der Waals surface area contributed by atoms with Crippen LogP contribution in [0.2, 0.25) is 0 Å². The average Bonchev–Trinajstić information content (AvgIpc) is 2.99. The standard InChI is InChI=1S/C18H24N4/c1-10-11(2)15(6)22-16(8-17-19-9-21(7)20-17)12(3)14(5)18(22)13(10)4/h9H,8H2,1-7H3. The van der Waals surface area contributed by atoms with Gasteiger partial charge in [0.1, 0.15) is 6.33 Å². The van der Waals surface area contributed by atoms with E-state index in [-0.39, 0.29) is 0 Å². The normalized spacial score (nSPS) is 11.6. The summed E-state index contributed by atoms with van der Waals surface area (Å²) in [7, 11) is 1.91. The first kappa shape index (κ1) is 14.8. The van der Waals surface area contributed by atoms with Gasteiger partial charge in [-0.2, -0.15) is 5.10 Å². The molecule has 0 spiro atoms. The molecule has 0 aromatic carbocycles. The fraction of sp³-hybridized carbons (Fsp3) is 0.444. The Labute approximate surface area is 131 Å². The predicted octanol–water partition coefficient (Wildman–Crippen LogP) is 3.51. The maximum Gasteiger partial charge on any atom is 0.156 e. The van der Waals surface area contributed by atoms with Gasteiger partial charge in [-0.1, -0.05) is 0 Å². The molecule has 0 saturated carbocycles. The molecule has 0 aliphatic rings. The summed E-state index contributed by atoms with van der Waals surface area (Å²) in [5.41, 5.74) is 10.8. The number of aromatic nitrogens is 4. The third kappa shape index (κ3) is 1.97. The number of pyridine rings is 1. The SMILES string of the molecule is Cc1c(C)c(C)n2c(Cc3ncn(C)n3)c(C)c(C)c2c1C. The summed E-state index contributed by atoms with van der Waals surface area (Å²) >= 11 is 0. The van der Waals surface area contributed by atoms with Gasteiger partial charge in [0.2, 0.25) is 0 Å². The van der Waals surface area contributed by atoms with Crippen LogP contribution in [-0.2, 0) is 13.5 Å². The quantitative estimate of drug-likeness (QED) is 0.725. The van der Waals surface area contributed by atoms with E-state index in [0.717, 1.165) is 12.2 Å². The van der Waals surface area contributed by atoms with Crippen LogP contribution in [0, 0.1) is 41.5 Å². The predicted molar refractivity (Wildman–Crippen MR) is 89.6 cm³/mol. The minimum Gasteiger partial charge on any atom is -0.317 e. The average molecular weight is 296 g/mol. The number of hydrogen-bond acceptors (Lipinski definition) is 2. The minimum atomic E-state index is 0.768. The third-order valence-corrected chi connectivity index (χ3v) is 5.18. The first-order valence-corrected chi connectivity index (χ1v) is 7.74. The molecule has 0 saturated heterocycles. The maximum absolute atomic E-state index is 4.45. The minimum absolute atomic E-state index is 0.768. The van der Waals surface area contributed by atoms with Gasteiger partial charge < -0.3 is 4.40 Å². The van der Waals surface area contributed by atoms with Gasteiger partial charge in [-0.3, -0.25) is 4.68 Å². The van der Waals surface area contributed by atoms with Crippen LogP contribution in [0.1, 0.15) is 45.0 Å². The molecular weight excluding hydrogens is 272 g/mol. The zero-order valence-electron chi connectivity index (χ0n) is 14.6. The largest absolute Gasteiger partial charge is 0.317 e. The smallest absolute Gasteiger partial charge is 0.156 e. The van der Waals surface area contributed by atoms with E-state index in [9.17, 15) is 0 Å². The molecule has 22 heavy (non-hydrogen) atoms. The lowest BCUT2D eigenvalue weighted by atomic mass is 10.0. The summed E-state index contributed by atoms with van der Waals surface area (Å²) in [4.78, 5) is 4.40. The molecule has 4 nitrogen and oxygen atoms in total. The second-order valence-electron chi connectivity index (χ2n) is 6.35. The van der Waals surface area contributed by atoms with Gasteiger partial charge in [-0.25, -0.2) is 4.98 Å². The number of fused-ring (bicyclic) bond motifs is 1. The summed E-state index contributed by atoms with van der Waals surface area (Å²) in [5.74, 6) is 0.875. The molecule has 3 rings (SSSR count). The molecule has 0 radical (unpaired) electrons. The summed E-state index contributed by atoms with van der Waals surface area (Å²) < 4.78 is 4.18. The van der Waals surface area contributed by atoms with Gasteiger partial charge in [-0.15, -0.1) is 0 Å². The zero-order chi connectivity index (χ0) is 16.2. The highest BCUT2D eigenvalue weighted by molar-refractivity contribution is 5.69. The van der Waals surface area contributed by atoms with Crippen molar-refractivity contribution in [3.8, 4) is 0 Å². The van der Waals surface area contributed by atoms with Crippen LogP contribution in [0.4, 0.5) is 0 Å². The lowest BCUT2D eigenvalue weighted by Gasteiger charge is -2.15. The van der Waals surface area contributed by atoms with Gasteiger partial charge in [0.05, 0.1) is 11.9 Å². The van der Waals surface area contributed by atoms with Crippen molar-refractivity contribution in [2.24, 2.45) is 7.05 Å². The van der Waals surface area contributed by atoms with E-state index in [1.54, 1.807) is 11.0 Å². The van der Waals surface area contributed by atoms with Crippen molar-refractivity contribution in [2.75, 3.05) is 0 Å². The van der Waals surface area contributed by atoms with E-state index in [4.69, 9.17) is 0 Å². The van der Waals surface area contributed by atoms with E-state index in [0.29, 0.717) is 0 Å². The molecule has 0 aliphatic heterocycles. The highest BCUT2D eigenvalue weighted by Crippen LogP contribution is 2.31. The molecule has 3 aromatic rings. The van der Waals surface area contributed by atoms with E-state index in [1.165, 1.54) is 44.7 Å². The topological polar surface area (TPSA) is 35.1 Å². The summed E-state index contributed by atoms with van der Waals surface area (Å²) in [6.45, 7) is 13.3. The lowest BCUT2D eigenvalue weighted by Crippen LogP contribution is -2.06. The van der Waals surface area contributed by atoms with E-state index in [2.05, 4.69) is 56.0 Å². The molecule has 0 bridgehead atoms. The molecule has 0 atom stereocenters. The Hall–Kier alpha value is -2.10. The molecule has 0 N–H and O–H groups in total. The molecule has 3 heterocycles. The first-order chi connectivity index (χ1) is 10.3. The number of hydrogen-bond donors (Lipinski definition) is 0. The second kappa shape index (κ2) is 4.97. The molecular formula is C18H24N4. The van der Waals surface area contributed by atoms with Crippen molar-refractivity contribution in [1.82, 2.24) is 19.2 Å². The van der Waals surface area contributed by atoms with E-state index >= 15 is 0 Å². The van der Waals surface area contributed by atoms with Crippen LogP contribution in [0.5, 0.6) is 0 Å². The van der Waals surface area contributed by atoms with Crippen molar-refractivity contribution in [3.05, 3.63) is 51.4 Å². The second-order valence-corrected chi connectivity index (χ2v) is 6.35. The van der Waals surface area contributed by atoms with Crippen LogP contribution in [0.25, 0.3) is 5.52 Å². The van der Waals surface area contributed by atoms with Gasteiger partial charge in [0, 0.05) is 18.4 Å². The molecule has 3 aromatic heterocycles. The third-order valence-electron chi connectivity index (χ3n) is 5.18. The van der Waals surface area contributed by atoms with Crippen molar-refractivity contribution in [1.29, 1.82) is 0 Å². The molecule has 0 aliphatic carbocycles. The van der Waals surface area contributed by atoms with Gasteiger partial charge in [0.25, 0.3) is 0 Å². The van der Waals surface area contributed by atoms with Crippen LogP contribution in [-0.4, -0.2) is 19.2 Å². The summed E-state index contributed by atoms with van der Waals surface area (Å²) in [5, 5.41) is 4.45. The number of aryl methyl sites for hydroxylation is 4. The van der Waals surface area contributed by atoms with Crippen molar-refractivity contribution in [3.63, 3.8) is 0 Å². The number of nitrogens with zero attached hydrogens (tertiary/aromatic N) is 4. The fourth-order valence-electron chi connectivity index (χ4n) is 3.41. The lowest BCUT2D eigenvalue weighted by molar-refractivity contribution is 0.745. The molecule has 0 fully saturated rings. The van der Waals surface area contributed by atoms with Crippen LogP contribution in [0.15, 0.2) is 6.33 Å². The van der Waals surface area contributed by atoms with E-state index < -0.39 is 0 Å². The Morgan fingerprint density at radius 2 is 1.50 bits per heavy atom. The van der Waals surface area contributed by atoms with Crippen LogP contribution in [0.3, 0.4) is 0 Å². The molecule has 4 heteroatoms.